The maximum atomic E-state index is 12.5. The van der Waals surface area contributed by atoms with Gasteiger partial charge in [-0.05, 0) is 49.5 Å². The zero-order valence-corrected chi connectivity index (χ0v) is 10.1. The predicted octanol–water partition coefficient (Wildman–Crippen LogP) is 1.85. The maximum absolute atomic E-state index is 12.5. The first-order chi connectivity index (χ1) is 8.13. The van der Waals surface area contributed by atoms with Gasteiger partial charge in [0.25, 0.3) is 0 Å². The minimum absolute atomic E-state index is 0.159. The highest BCUT2D eigenvalue weighted by Gasteiger charge is 2.81. The third-order valence-electron chi connectivity index (χ3n) is 6.58. The summed E-state index contributed by atoms with van der Waals surface area (Å²) in [4.78, 5) is 25.0. The van der Waals surface area contributed by atoms with Crippen LogP contribution in [0.2, 0.25) is 0 Å². The fourth-order valence-corrected chi connectivity index (χ4v) is 6.42. The summed E-state index contributed by atoms with van der Waals surface area (Å²) in [6, 6.07) is 0. The highest BCUT2D eigenvalue weighted by molar-refractivity contribution is 6.01. The number of carbonyl (C=O) groups excluding carboxylic acids is 2. The Hall–Kier alpha value is -0.920. The van der Waals surface area contributed by atoms with Gasteiger partial charge < -0.3 is 0 Å². The summed E-state index contributed by atoms with van der Waals surface area (Å²) < 4.78 is 0. The molecule has 88 valence electrons. The molecule has 0 amide bonds. The first kappa shape index (κ1) is 9.07. The second-order valence-electron chi connectivity index (χ2n) is 6.97. The van der Waals surface area contributed by atoms with Gasteiger partial charge in [-0.25, -0.2) is 0 Å². The van der Waals surface area contributed by atoms with E-state index in [4.69, 9.17) is 0 Å². The highest BCUT2D eigenvalue weighted by Crippen LogP contribution is 2.79. The van der Waals surface area contributed by atoms with Gasteiger partial charge in [0.15, 0.2) is 0 Å². The molecule has 5 aliphatic rings. The molecular formula is C15H16O2. The van der Waals surface area contributed by atoms with Crippen LogP contribution >= 0.6 is 0 Å². The van der Waals surface area contributed by atoms with Crippen LogP contribution in [0.5, 0.6) is 0 Å². The van der Waals surface area contributed by atoms with Gasteiger partial charge in [0.2, 0.25) is 0 Å². The molecule has 5 fully saturated rings. The summed E-state index contributed by atoms with van der Waals surface area (Å²) in [5.74, 6) is 4.20. The van der Waals surface area contributed by atoms with Crippen LogP contribution in [0.25, 0.3) is 0 Å². The van der Waals surface area contributed by atoms with Gasteiger partial charge in [0.05, 0.1) is 0 Å². The summed E-state index contributed by atoms with van der Waals surface area (Å²) >= 11 is 0. The molecule has 8 atom stereocenters. The lowest BCUT2D eigenvalue weighted by Crippen LogP contribution is -2.41. The van der Waals surface area contributed by atoms with Crippen molar-refractivity contribution in [3.63, 3.8) is 0 Å². The molecule has 0 bridgehead atoms. The molecule has 0 aromatic rings. The molecule has 2 nitrogen and oxygen atoms in total. The lowest BCUT2D eigenvalue weighted by atomic mass is 9.60. The zero-order valence-electron chi connectivity index (χ0n) is 10.1. The normalized spacial score (nSPS) is 60.2. The Balaban J connectivity index is 1.84. The predicted molar refractivity (Wildman–Crippen MR) is 60.9 cm³/mol. The number of hydrogen-bond acceptors (Lipinski definition) is 2. The molecule has 17 heavy (non-hydrogen) atoms. The van der Waals surface area contributed by atoms with Crippen LogP contribution in [-0.2, 0) is 9.59 Å². The molecule has 0 aromatic carbocycles. The van der Waals surface area contributed by atoms with E-state index < -0.39 is 0 Å². The minimum atomic E-state index is 0.159. The van der Waals surface area contributed by atoms with Gasteiger partial charge in [0, 0.05) is 23.7 Å². The number of allylic oxidation sites excluding steroid dienone is 2. The molecule has 5 aliphatic carbocycles. The largest absolute Gasteiger partial charge is 0.299 e. The molecule has 0 spiro atoms. The van der Waals surface area contributed by atoms with E-state index in [1.807, 2.05) is 0 Å². The molecule has 0 aliphatic heterocycles. The fraction of sp³-hybridized carbons (Fsp3) is 0.733. The Morgan fingerprint density at radius 2 is 1.35 bits per heavy atom. The quantitative estimate of drug-likeness (QED) is 0.593. The molecule has 0 heterocycles. The van der Waals surface area contributed by atoms with E-state index in [1.165, 1.54) is 11.1 Å². The summed E-state index contributed by atoms with van der Waals surface area (Å²) in [6.07, 6.45) is 0.906. The SMILES string of the molecule is CC(C)=C1[C@@H]2C(=O)[C@@H]3C[C@@H]4C(=O)[C@@H]1[C@H]1[C@@H]2[C@H]3[C@@H]14. The zero-order chi connectivity index (χ0) is 11.6. The van der Waals surface area contributed by atoms with Crippen LogP contribution in [0.15, 0.2) is 11.1 Å². The van der Waals surface area contributed by atoms with Crippen molar-refractivity contribution in [2.45, 2.75) is 20.3 Å². The van der Waals surface area contributed by atoms with Crippen LogP contribution in [0.4, 0.5) is 0 Å². The Morgan fingerprint density at radius 1 is 0.882 bits per heavy atom. The molecule has 2 heteroatoms. The summed E-state index contributed by atoms with van der Waals surface area (Å²) in [5, 5.41) is 0. The number of carbonyl (C=O) groups is 2. The average Bonchev–Trinajstić information content (AvgIpc) is 2.83. The second-order valence-corrected chi connectivity index (χ2v) is 6.97. The van der Waals surface area contributed by atoms with Crippen molar-refractivity contribution < 1.29 is 9.59 Å². The number of hydrogen-bond donors (Lipinski definition) is 0. The Kier molecular flexibility index (Phi) is 1.23. The highest BCUT2D eigenvalue weighted by atomic mass is 16.1. The van der Waals surface area contributed by atoms with E-state index in [2.05, 4.69) is 13.8 Å². The minimum Gasteiger partial charge on any atom is -0.299 e. The maximum Gasteiger partial charge on any atom is 0.143 e. The molecule has 0 aromatic heterocycles. The Labute approximate surface area is 100 Å². The molecular weight excluding hydrogens is 212 g/mol. The van der Waals surface area contributed by atoms with Crippen molar-refractivity contribution >= 4 is 11.6 Å². The van der Waals surface area contributed by atoms with Crippen LogP contribution < -0.4 is 0 Å². The molecule has 0 N–H and O–H groups in total. The Morgan fingerprint density at radius 3 is 1.76 bits per heavy atom. The first-order valence-corrected chi connectivity index (χ1v) is 6.87. The molecule has 0 saturated heterocycles. The number of rotatable bonds is 0. The van der Waals surface area contributed by atoms with E-state index in [0.717, 1.165) is 6.42 Å². The van der Waals surface area contributed by atoms with Crippen LogP contribution in [0.3, 0.4) is 0 Å². The lowest BCUT2D eigenvalue weighted by molar-refractivity contribution is -0.126. The van der Waals surface area contributed by atoms with Crippen molar-refractivity contribution in [3.8, 4) is 0 Å². The standard InChI is InChI=1S/C15H16O2/c1-4(2)7-12-10-8-5(14(12)16)3-6-9(8)11(10)13(7)15(6)17/h5-6,8-13H,3H2,1-2H3/t5-,6+,8-,9+,10+,11-,12-,13-/m0/s1. The fourth-order valence-electron chi connectivity index (χ4n) is 6.42. The average molecular weight is 228 g/mol. The molecule has 5 rings (SSSR count). The van der Waals surface area contributed by atoms with E-state index in [9.17, 15) is 9.59 Å². The number of Topliss-reactive ketones (excluding diaryl/α,β-unsaturated/α-hetero) is 2. The van der Waals surface area contributed by atoms with Crippen LogP contribution in [0, 0.1) is 47.3 Å². The van der Waals surface area contributed by atoms with Crippen molar-refractivity contribution in [2.75, 3.05) is 0 Å². The van der Waals surface area contributed by atoms with Gasteiger partial charge in [-0.3, -0.25) is 9.59 Å². The monoisotopic (exact) mass is 228 g/mol. The molecule has 0 radical (unpaired) electrons. The topological polar surface area (TPSA) is 34.1 Å². The van der Waals surface area contributed by atoms with Gasteiger partial charge in [-0.15, -0.1) is 0 Å². The second kappa shape index (κ2) is 2.30. The Bertz CT molecular complexity index is 485. The van der Waals surface area contributed by atoms with E-state index in [0.29, 0.717) is 35.2 Å². The lowest BCUT2D eigenvalue weighted by Gasteiger charge is -2.43. The van der Waals surface area contributed by atoms with E-state index in [-0.39, 0.29) is 23.7 Å². The first-order valence-electron chi connectivity index (χ1n) is 6.87. The third kappa shape index (κ3) is 0.648. The van der Waals surface area contributed by atoms with E-state index in [1.54, 1.807) is 0 Å². The van der Waals surface area contributed by atoms with Crippen LogP contribution in [0.1, 0.15) is 20.3 Å². The van der Waals surface area contributed by atoms with Crippen molar-refractivity contribution in [1.82, 2.24) is 0 Å². The van der Waals surface area contributed by atoms with Gasteiger partial charge in [0.1, 0.15) is 11.6 Å². The summed E-state index contributed by atoms with van der Waals surface area (Å²) in [6.45, 7) is 4.18. The van der Waals surface area contributed by atoms with E-state index >= 15 is 0 Å². The third-order valence-corrected chi connectivity index (χ3v) is 6.58. The van der Waals surface area contributed by atoms with Crippen molar-refractivity contribution in [1.29, 1.82) is 0 Å². The summed E-state index contributed by atoms with van der Waals surface area (Å²) in [7, 11) is 0. The van der Waals surface area contributed by atoms with Gasteiger partial charge in [-0.1, -0.05) is 5.57 Å². The van der Waals surface area contributed by atoms with Crippen molar-refractivity contribution in [2.24, 2.45) is 47.3 Å². The van der Waals surface area contributed by atoms with Gasteiger partial charge >= 0.3 is 0 Å². The van der Waals surface area contributed by atoms with Crippen LogP contribution in [-0.4, -0.2) is 11.6 Å². The number of ketones is 2. The smallest absolute Gasteiger partial charge is 0.143 e. The summed E-state index contributed by atoms with van der Waals surface area (Å²) in [5.41, 5.74) is 2.50. The molecule has 5 saturated carbocycles. The van der Waals surface area contributed by atoms with Crippen molar-refractivity contribution in [3.05, 3.63) is 11.1 Å². The van der Waals surface area contributed by atoms with Gasteiger partial charge in [-0.2, -0.15) is 0 Å². The molecule has 0 unspecified atom stereocenters.